The Morgan fingerprint density at radius 1 is 1.20 bits per heavy atom. The van der Waals surface area contributed by atoms with E-state index in [1.165, 1.54) is 12.1 Å². The molecule has 0 radical (unpaired) electrons. The van der Waals surface area contributed by atoms with Crippen LogP contribution in [0.5, 0.6) is 5.75 Å². The van der Waals surface area contributed by atoms with Gasteiger partial charge < -0.3 is 10.1 Å². The van der Waals surface area contributed by atoms with Gasteiger partial charge in [0, 0.05) is 11.8 Å². The number of hydrogen-bond acceptors (Lipinski definition) is 4. The molecular weight excluding hydrogens is 338 g/mol. The van der Waals surface area contributed by atoms with Gasteiger partial charge in [-0.15, -0.1) is 0 Å². The number of carbonyl (C=O) groups is 1. The Labute approximate surface area is 148 Å². The minimum Gasteiger partial charge on any atom is -0.494 e. The molecule has 25 heavy (non-hydrogen) atoms. The van der Waals surface area contributed by atoms with Gasteiger partial charge >= 0.3 is 0 Å². The van der Waals surface area contributed by atoms with Crippen LogP contribution in [0.15, 0.2) is 47.4 Å². The van der Waals surface area contributed by atoms with E-state index >= 15 is 0 Å². The van der Waals surface area contributed by atoms with Crippen molar-refractivity contribution in [1.82, 2.24) is 5.32 Å². The number of hydrogen-bond donors (Lipinski definition) is 1. The first-order valence-electron chi connectivity index (χ1n) is 8.06. The second-order valence-electron chi connectivity index (χ2n) is 5.95. The van der Waals surface area contributed by atoms with Crippen molar-refractivity contribution in [2.45, 2.75) is 31.7 Å². The zero-order valence-corrected chi connectivity index (χ0v) is 15.7. The van der Waals surface area contributed by atoms with Crippen LogP contribution >= 0.6 is 0 Å². The van der Waals surface area contributed by atoms with Crippen molar-refractivity contribution in [2.24, 2.45) is 0 Å². The molecular formula is C19H23NO4S. The number of sulfone groups is 1. The first-order valence-corrected chi connectivity index (χ1v) is 9.96. The fourth-order valence-electron chi connectivity index (χ4n) is 2.47. The third kappa shape index (κ3) is 4.82. The van der Waals surface area contributed by atoms with Gasteiger partial charge in [-0.25, -0.2) is 8.42 Å². The molecule has 0 heterocycles. The SMILES string of the molecule is CCOc1cccc(C(C)NC(=O)c2cc(S(C)(=O)=O)ccc2C)c1. The van der Waals surface area contributed by atoms with Crippen LogP contribution in [0.2, 0.25) is 0 Å². The molecule has 0 saturated heterocycles. The van der Waals surface area contributed by atoms with Crippen molar-refractivity contribution < 1.29 is 17.9 Å². The van der Waals surface area contributed by atoms with E-state index in [2.05, 4.69) is 5.32 Å². The number of rotatable bonds is 6. The van der Waals surface area contributed by atoms with Gasteiger partial charge in [-0.3, -0.25) is 4.79 Å². The molecule has 1 N–H and O–H groups in total. The Morgan fingerprint density at radius 2 is 1.92 bits per heavy atom. The zero-order chi connectivity index (χ0) is 18.6. The van der Waals surface area contributed by atoms with Crippen LogP contribution in [0.4, 0.5) is 0 Å². The molecule has 0 aliphatic heterocycles. The van der Waals surface area contributed by atoms with Crippen molar-refractivity contribution in [3.05, 3.63) is 59.2 Å². The lowest BCUT2D eigenvalue weighted by molar-refractivity contribution is 0.0939. The van der Waals surface area contributed by atoms with Crippen LogP contribution in [0.3, 0.4) is 0 Å². The first kappa shape index (κ1) is 19.0. The van der Waals surface area contributed by atoms with Gasteiger partial charge in [-0.2, -0.15) is 0 Å². The molecule has 0 saturated carbocycles. The molecule has 1 atom stereocenters. The van der Waals surface area contributed by atoms with Gasteiger partial charge in [0.1, 0.15) is 5.75 Å². The van der Waals surface area contributed by atoms with Crippen molar-refractivity contribution in [1.29, 1.82) is 0 Å². The molecule has 2 rings (SSSR count). The highest BCUT2D eigenvalue weighted by Gasteiger charge is 2.17. The van der Waals surface area contributed by atoms with E-state index in [1.807, 2.05) is 38.1 Å². The molecule has 1 amide bonds. The maximum atomic E-state index is 12.6. The summed E-state index contributed by atoms with van der Waals surface area (Å²) in [7, 11) is -3.36. The number of aryl methyl sites for hydroxylation is 1. The van der Waals surface area contributed by atoms with Crippen molar-refractivity contribution >= 4 is 15.7 Å². The summed E-state index contributed by atoms with van der Waals surface area (Å²) in [5.74, 6) is 0.439. The number of benzene rings is 2. The van der Waals surface area contributed by atoms with Crippen LogP contribution in [0.1, 0.15) is 41.4 Å². The molecule has 0 aliphatic rings. The Hall–Kier alpha value is -2.34. The molecule has 2 aromatic rings. The summed E-state index contributed by atoms with van der Waals surface area (Å²) in [5, 5.41) is 2.91. The van der Waals surface area contributed by atoms with Crippen LogP contribution < -0.4 is 10.1 Å². The Balaban J connectivity index is 2.23. The fourth-order valence-corrected chi connectivity index (χ4v) is 3.12. The second-order valence-corrected chi connectivity index (χ2v) is 7.97. The highest BCUT2D eigenvalue weighted by Crippen LogP contribution is 2.21. The molecule has 1 unspecified atom stereocenters. The van der Waals surface area contributed by atoms with E-state index in [-0.39, 0.29) is 16.8 Å². The van der Waals surface area contributed by atoms with Crippen LogP contribution in [0, 0.1) is 6.92 Å². The van der Waals surface area contributed by atoms with E-state index in [9.17, 15) is 13.2 Å². The smallest absolute Gasteiger partial charge is 0.252 e. The maximum Gasteiger partial charge on any atom is 0.252 e. The molecule has 5 nitrogen and oxygen atoms in total. The van der Waals surface area contributed by atoms with E-state index in [1.54, 1.807) is 13.0 Å². The van der Waals surface area contributed by atoms with Gasteiger partial charge in [0.15, 0.2) is 9.84 Å². The monoisotopic (exact) mass is 361 g/mol. The van der Waals surface area contributed by atoms with E-state index < -0.39 is 9.84 Å². The van der Waals surface area contributed by atoms with E-state index in [0.29, 0.717) is 12.2 Å². The predicted octanol–water partition coefficient (Wildman–Crippen LogP) is 3.29. The van der Waals surface area contributed by atoms with Crippen LogP contribution in [0.25, 0.3) is 0 Å². The zero-order valence-electron chi connectivity index (χ0n) is 14.9. The normalized spacial score (nSPS) is 12.5. The highest BCUT2D eigenvalue weighted by molar-refractivity contribution is 7.90. The Morgan fingerprint density at radius 3 is 2.56 bits per heavy atom. The summed E-state index contributed by atoms with van der Waals surface area (Å²) >= 11 is 0. The summed E-state index contributed by atoms with van der Waals surface area (Å²) in [5.41, 5.74) is 1.99. The fraction of sp³-hybridized carbons (Fsp3) is 0.316. The Bertz CT molecular complexity index is 875. The topological polar surface area (TPSA) is 72.5 Å². The van der Waals surface area contributed by atoms with E-state index in [0.717, 1.165) is 23.1 Å². The summed E-state index contributed by atoms with van der Waals surface area (Å²) in [6.45, 7) is 6.14. The van der Waals surface area contributed by atoms with Crippen LogP contribution in [-0.4, -0.2) is 27.2 Å². The standard InChI is InChI=1S/C19H23NO4S/c1-5-24-16-8-6-7-15(11-16)14(3)20-19(21)18-12-17(25(4,22)23)10-9-13(18)2/h6-12,14H,5H2,1-4H3,(H,20,21). The van der Waals surface area contributed by atoms with Gasteiger partial charge in [-0.1, -0.05) is 18.2 Å². The average Bonchev–Trinajstić information content (AvgIpc) is 2.54. The molecule has 0 fully saturated rings. The minimum atomic E-state index is -3.36. The van der Waals surface area contributed by atoms with E-state index in [4.69, 9.17) is 4.74 Å². The van der Waals surface area contributed by atoms with Gasteiger partial charge in [-0.05, 0) is 56.2 Å². The Kier molecular flexibility index (Phi) is 5.85. The maximum absolute atomic E-state index is 12.6. The molecule has 0 aromatic heterocycles. The molecule has 0 aliphatic carbocycles. The van der Waals surface area contributed by atoms with Gasteiger partial charge in [0.05, 0.1) is 17.5 Å². The molecule has 2 aromatic carbocycles. The lowest BCUT2D eigenvalue weighted by Crippen LogP contribution is -2.27. The summed E-state index contributed by atoms with van der Waals surface area (Å²) in [6, 6.07) is 11.9. The molecule has 0 bridgehead atoms. The third-order valence-corrected chi connectivity index (χ3v) is 5.01. The molecule has 134 valence electrons. The quantitative estimate of drug-likeness (QED) is 0.857. The first-order chi connectivity index (χ1) is 11.7. The van der Waals surface area contributed by atoms with Crippen molar-refractivity contribution in [3.8, 4) is 5.75 Å². The second kappa shape index (κ2) is 7.70. The molecule has 6 heteroatoms. The van der Waals surface area contributed by atoms with Gasteiger partial charge in [0.25, 0.3) is 5.91 Å². The minimum absolute atomic E-state index is 0.134. The molecule has 0 spiro atoms. The lowest BCUT2D eigenvalue weighted by Gasteiger charge is -2.17. The van der Waals surface area contributed by atoms with Gasteiger partial charge in [0.2, 0.25) is 0 Å². The number of carbonyl (C=O) groups excluding carboxylic acids is 1. The van der Waals surface area contributed by atoms with Crippen molar-refractivity contribution in [2.75, 3.05) is 12.9 Å². The van der Waals surface area contributed by atoms with Crippen LogP contribution in [-0.2, 0) is 9.84 Å². The number of amides is 1. The lowest BCUT2D eigenvalue weighted by atomic mass is 10.1. The highest BCUT2D eigenvalue weighted by atomic mass is 32.2. The number of nitrogens with one attached hydrogen (secondary N) is 1. The average molecular weight is 361 g/mol. The largest absolute Gasteiger partial charge is 0.494 e. The summed E-state index contributed by atoms with van der Waals surface area (Å²) in [6.07, 6.45) is 1.13. The van der Waals surface area contributed by atoms with Crippen molar-refractivity contribution in [3.63, 3.8) is 0 Å². The number of ether oxygens (including phenoxy) is 1. The third-order valence-electron chi connectivity index (χ3n) is 3.90. The summed E-state index contributed by atoms with van der Waals surface area (Å²) in [4.78, 5) is 12.7. The summed E-state index contributed by atoms with van der Waals surface area (Å²) < 4.78 is 28.9. The predicted molar refractivity (Wildman–Crippen MR) is 97.8 cm³/mol.